The zero-order chi connectivity index (χ0) is 20.9. The number of carbonyl (C=O) groups excluding carboxylic acids is 2. The molecule has 1 N–H and O–H groups in total. The van der Waals surface area contributed by atoms with Gasteiger partial charge in [-0.1, -0.05) is 0 Å². The van der Waals surface area contributed by atoms with E-state index in [2.05, 4.69) is 15.4 Å². The van der Waals surface area contributed by atoms with E-state index in [-0.39, 0.29) is 24.3 Å². The molecule has 0 aromatic carbocycles. The molecule has 1 unspecified atom stereocenters. The van der Waals surface area contributed by atoms with Gasteiger partial charge in [0, 0.05) is 51.2 Å². The third-order valence-corrected chi connectivity index (χ3v) is 4.83. The lowest BCUT2D eigenvalue weighted by Crippen LogP contribution is -2.43. The molecule has 1 atom stereocenters. The van der Waals surface area contributed by atoms with Gasteiger partial charge < -0.3 is 14.8 Å². The van der Waals surface area contributed by atoms with Crippen LogP contribution < -0.4 is 5.32 Å². The normalized spacial score (nSPS) is 17.3. The summed E-state index contributed by atoms with van der Waals surface area (Å²) in [6.45, 7) is 1.82. The molecule has 0 saturated carbocycles. The van der Waals surface area contributed by atoms with Crippen molar-refractivity contribution in [3.8, 4) is 0 Å². The molecule has 0 aliphatic carbocycles. The molecule has 0 spiro atoms. The highest BCUT2D eigenvalue weighted by Gasteiger charge is 2.34. The van der Waals surface area contributed by atoms with Crippen molar-refractivity contribution < 1.29 is 22.8 Å². The van der Waals surface area contributed by atoms with E-state index in [0.29, 0.717) is 32.6 Å². The van der Waals surface area contributed by atoms with Crippen LogP contribution >= 0.6 is 0 Å². The fourth-order valence-electron chi connectivity index (χ4n) is 3.38. The zero-order valence-electron chi connectivity index (χ0n) is 15.8. The number of nitrogens with one attached hydrogen (secondary N) is 1. The van der Waals surface area contributed by atoms with Crippen LogP contribution in [0.4, 0.5) is 13.2 Å². The first-order valence-corrected chi connectivity index (χ1v) is 9.42. The van der Waals surface area contributed by atoms with Crippen molar-refractivity contribution in [1.29, 1.82) is 0 Å². The van der Waals surface area contributed by atoms with E-state index in [9.17, 15) is 22.8 Å². The molecule has 11 heteroatoms. The number of halogens is 3. The number of piperidine rings is 1. The van der Waals surface area contributed by atoms with Gasteiger partial charge in [0.1, 0.15) is 6.54 Å². The predicted molar refractivity (Wildman–Crippen MR) is 96.4 cm³/mol. The quantitative estimate of drug-likeness (QED) is 0.748. The van der Waals surface area contributed by atoms with E-state index in [1.165, 1.54) is 0 Å². The summed E-state index contributed by atoms with van der Waals surface area (Å²) in [5.74, 6) is -0.345. The van der Waals surface area contributed by atoms with Crippen LogP contribution in [0.15, 0.2) is 31.0 Å². The number of carbonyl (C=O) groups is 2. The van der Waals surface area contributed by atoms with Crippen LogP contribution in [0, 0.1) is 5.92 Å². The number of rotatable bonds is 7. The van der Waals surface area contributed by atoms with Gasteiger partial charge in [0.25, 0.3) is 0 Å². The third-order valence-electron chi connectivity index (χ3n) is 4.83. The molecule has 0 bridgehead atoms. The van der Waals surface area contributed by atoms with E-state index in [4.69, 9.17) is 0 Å². The molecule has 158 valence electrons. The fourth-order valence-corrected chi connectivity index (χ4v) is 3.38. The van der Waals surface area contributed by atoms with E-state index in [1.807, 2.05) is 10.8 Å². The second kappa shape index (κ2) is 9.10. The maximum Gasteiger partial charge on any atom is 0.435 e. The minimum atomic E-state index is -4.53. The summed E-state index contributed by atoms with van der Waals surface area (Å²) in [6, 6.07) is 0.848. The third kappa shape index (κ3) is 6.06. The molecule has 2 aromatic rings. The SMILES string of the molecule is O=C(CC1CCCN(C(=O)Cn2ccc(C(F)(F)F)n2)C1)NCCn1ccnc1. The minimum Gasteiger partial charge on any atom is -0.354 e. The monoisotopic (exact) mass is 412 g/mol. The maximum atomic E-state index is 12.6. The Kier molecular flexibility index (Phi) is 6.55. The Morgan fingerprint density at radius 2 is 2.10 bits per heavy atom. The van der Waals surface area contributed by atoms with Crippen LogP contribution in [-0.4, -0.2) is 55.7 Å². The molecule has 29 heavy (non-hydrogen) atoms. The highest BCUT2D eigenvalue weighted by Crippen LogP contribution is 2.27. The molecule has 1 saturated heterocycles. The van der Waals surface area contributed by atoms with Gasteiger partial charge in [-0.2, -0.15) is 18.3 Å². The lowest BCUT2D eigenvalue weighted by Gasteiger charge is -2.32. The van der Waals surface area contributed by atoms with Crippen LogP contribution in [0.25, 0.3) is 0 Å². The number of imidazole rings is 1. The van der Waals surface area contributed by atoms with Crippen LogP contribution in [-0.2, 0) is 28.9 Å². The second-order valence-corrected chi connectivity index (χ2v) is 7.10. The number of amides is 2. The first-order chi connectivity index (χ1) is 13.8. The van der Waals surface area contributed by atoms with Gasteiger partial charge in [-0.3, -0.25) is 14.3 Å². The van der Waals surface area contributed by atoms with Crippen molar-refractivity contribution in [2.45, 2.75) is 38.5 Å². The second-order valence-electron chi connectivity index (χ2n) is 7.10. The van der Waals surface area contributed by atoms with Gasteiger partial charge >= 0.3 is 6.18 Å². The molecular formula is C18H23F3N6O2. The number of alkyl halides is 3. The fraction of sp³-hybridized carbons (Fsp3) is 0.556. The Bertz CT molecular complexity index is 818. The van der Waals surface area contributed by atoms with Crippen molar-refractivity contribution in [2.24, 2.45) is 5.92 Å². The van der Waals surface area contributed by atoms with Crippen molar-refractivity contribution in [3.63, 3.8) is 0 Å². The summed E-state index contributed by atoms with van der Waals surface area (Å²) < 4.78 is 40.7. The predicted octanol–water partition coefficient (Wildman–Crippen LogP) is 1.54. The summed E-state index contributed by atoms with van der Waals surface area (Å²) in [5, 5.41) is 6.27. The minimum absolute atomic E-state index is 0.0318. The zero-order valence-corrected chi connectivity index (χ0v) is 15.8. The number of nitrogens with zero attached hydrogens (tertiary/aromatic N) is 5. The molecule has 1 aliphatic rings. The Hall–Kier alpha value is -2.85. The molecular weight excluding hydrogens is 389 g/mol. The van der Waals surface area contributed by atoms with Gasteiger partial charge in [0.15, 0.2) is 5.69 Å². The summed E-state index contributed by atoms with van der Waals surface area (Å²) in [6.07, 6.45) is 3.67. The van der Waals surface area contributed by atoms with Crippen molar-refractivity contribution in [2.75, 3.05) is 19.6 Å². The van der Waals surface area contributed by atoms with E-state index in [1.54, 1.807) is 17.4 Å². The molecule has 2 aromatic heterocycles. The molecule has 2 amide bonds. The van der Waals surface area contributed by atoms with Gasteiger partial charge in [0.05, 0.1) is 6.33 Å². The molecule has 1 fully saturated rings. The summed E-state index contributed by atoms with van der Waals surface area (Å²) >= 11 is 0. The van der Waals surface area contributed by atoms with E-state index < -0.39 is 11.9 Å². The Morgan fingerprint density at radius 1 is 1.28 bits per heavy atom. The lowest BCUT2D eigenvalue weighted by molar-refractivity contribution is -0.142. The molecule has 1 aliphatic heterocycles. The van der Waals surface area contributed by atoms with E-state index >= 15 is 0 Å². The van der Waals surface area contributed by atoms with Crippen LogP contribution in [0.1, 0.15) is 25.0 Å². The highest BCUT2D eigenvalue weighted by molar-refractivity contribution is 5.77. The smallest absolute Gasteiger partial charge is 0.354 e. The van der Waals surface area contributed by atoms with Gasteiger partial charge in [0.2, 0.25) is 11.8 Å². The van der Waals surface area contributed by atoms with Crippen LogP contribution in [0.5, 0.6) is 0 Å². The highest BCUT2D eigenvalue weighted by atomic mass is 19.4. The van der Waals surface area contributed by atoms with Crippen molar-refractivity contribution in [1.82, 2.24) is 29.5 Å². The van der Waals surface area contributed by atoms with Gasteiger partial charge in [-0.05, 0) is 24.8 Å². The average Bonchev–Trinajstić information content (AvgIpc) is 3.33. The first kappa shape index (κ1) is 20.9. The number of aromatic nitrogens is 4. The Morgan fingerprint density at radius 3 is 2.79 bits per heavy atom. The Balaban J connectivity index is 1.43. The number of hydrogen-bond acceptors (Lipinski definition) is 4. The topological polar surface area (TPSA) is 85.0 Å². The molecule has 0 radical (unpaired) electrons. The number of likely N-dealkylation sites (tertiary alicyclic amines) is 1. The summed E-state index contributed by atoms with van der Waals surface area (Å²) in [7, 11) is 0. The van der Waals surface area contributed by atoms with Crippen molar-refractivity contribution >= 4 is 11.8 Å². The van der Waals surface area contributed by atoms with Crippen LogP contribution in [0.2, 0.25) is 0 Å². The van der Waals surface area contributed by atoms with E-state index in [0.717, 1.165) is 29.8 Å². The maximum absolute atomic E-state index is 12.6. The van der Waals surface area contributed by atoms with Crippen LogP contribution in [0.3, 0.4) is 0 Å². The lowest BCUT2D eigenvalue weighted by atomic mass is 9.94. The summed E-state index contributed by atoms with van der Waals surface area (Å²) in [5.41, 5.74) is -1.02. The van der Waals surface area contributed by atoms with Crippen molar-refractivity contribution in [3.05, 3.63) is 36.7 Å². The summed E-state index contributed by atoms with van der Waals surface area (Å²) in [4.78, 5) is 30.1. The number of hydrogen-bond donors (Lipinski definition) is 1. The standard InChI is InChI=1S/C18H23F3N6O2/c19-18(20,21)15-3-7-27(24-15)12-17(29)26-6-1-2-14(11-26)10-16(28)23-5-9-25-8-4-22-13-25/h3-4,7-8,13-14H,1-2,5-6,9-12H2,(H,23,28). The first-order valence-electron chi connectivity index (χ1n) is 9.42. The molecule has 3 rings (SSSR count). The largest absolute Gasteiger partial charge is 0.435 e. The molecule has 8 nitrogen and oxygen atoms in total. The average molecular weight is 412 g/mol. The Labute approximate surface area is 165 Å². The van der Waals surface area contributed by atoms with Gasteiger partial charge in [-0.15, -0.1) is 0 Å². The van der Waals surface area contributed by atoms with Gasteiger partial charge in [-0.25, -0.2) is 4.98 Å². The molecule has 3 heterocycles.